The van der Waals surface area contributed by atoms with E-state index in [9.17, 15) is 14.8 Å². The number of amides is 1. The Bertz CT molecular complexity index is 1100. The second-order valence-corrected chi connectivity index (χ2v) is 7.52. The molecule has 31 heavy (non-hydrogen) atoms. The lowest BCUT2D eigenvalue weighted by molar-refractivity contribution is -0.701. The minimum absolute atomic E-state index is 0.0513. The van der Waals surface area contributed by atoms with E-state index in [4.69, 9.17) is 4.63 Å². The predicted octanol–water partition coefficient (Wildman–Crippen LogP) is 3.77. The molecule has 9 heteroatoms. The fraction of sp³-hybridized carbons (Fsp3) is 0.318. The van der Waals surface area contributed by atoms with Gasteiger partial charge in [0.25, 0.3) is 11.7 Å². The molecule has 1 saturated heterocycles. The van der Waals surface area contributed by atoms with Gasteiger partial charge in [-0.2, -0.15) is 0 Å². The van der Waals surface area contributed by atoms with Crippen LogP contribution < -0.4 is 15.2 Å². The number of benzene rings is 2. The summed E-state index contributed by atoms with van der Waals surface area (Å²) in [6.07, 6.45) is 2.69. The Hall–Kier alpha value is -3.75. The van der Waals surface area contributed by atoms with Crippen LogP contribution in [0.5, 0.6) is 5.75 Å². The van der Waals surface area contributed by atoms with Gasteiger partial charge in [0.05, 0.1) is 11.6 Å². The maximum atomic E-state index is 12.7. The molecule has 1 aromatic heterocycles. The zero-order valence-electron chi connectivity index (χ0n) is 17.3. The van der Waals surface area contributed by atoms with Crippen LogP contribution in [-0.2, 0) is 0 Å². The van der Waals surface area contributed by atoms with E-state index in [0.717, 1.165) is 24.8 Å². The summed E-state index contributed by atoms with van der Waals surface area (Å²) in [6.45, 7) is 3.39. The third-order valence-corrected chi connectivity index (χ3v) is 5.49. The van der Waals surface area contributed by atoms with Gasteiger partial charge in [-0.15, -0.1) is 4.63 Å². The van der Waals surface area contributed by atoms with Crippen LogP contribution >= 0.6 is 0 Å². The Morgan fingerprint density at radius 2 is 1.94 bits per heavy atom. The van der Waals surface area contributed by atoms with Crippen molar-refractivity contribution in [2.75, 3.05) is 23.7 Å². The zero-order chi connectivity index (χ0) is 21.8. The summed E-state index contributed by atoms with van der Waals surface area (Å²) in [7, 11) is 0. The molecule has 9 nitrogen and oxygen atoms in total. The Balaban J connectivity index is 1.59. The Labute approximate surface area is 179 Å². The van der Waals surface area contributed by atoms with Gasteiger partial charge in [0.2, 0.25) is 0 Å². The first kappa shape index (κ1) is 20.5. The molecule has 0 radical (unpaired) electrons. The lowest BCUT2D eigenvalue weighted by Gasteiger charge is -2.17. The summed E-state index contributed by atoms with van der Waals surface area (Å²) in [6, 6.07) is 14.6. The number of hydrogen-bond acceptors (Lipinski definition) is 6. The van der Waals surface area contributed by atoms with Crippen LogP contribution in [0.3, 0.4) is 0 Å². The molecule has 0 bridgehead atoms. The Morgan fingerprint density at radius 3 is 2.65 bits per heavy atom. The first-order valence-electron chi connectivity index (χ1n) is 10.4. The Kier molecular flexibility index (Phi) is 5.92. The standard InChI is InChI=1S/C22H25N5O4/c1-2-17(15-9-4-3-5-10-15)23-20-21(27(30)31-25-20)24-18-12-8-11-16(19(18)28)22(29)26-13-6-7-14-26/h3-5,8-12,17,24H,2,6-7,13-14H2,1H3,(H2-,23,25,28,29,30)/p+1/t17-/m1/s1. The van der Waals surface area contributed by atoms with Crippen LogP contribution in [0.15, 0.2) is 53.2 Å². The number of H-pyrrole nitrogens is 1. The topological polar surface area (TPSA) is 116 Å². The number of aromatic hydroxyl groups is 1. The van der Waals surface area contributed by atoms with Gasteiger partial charge in [0, 0.05) is 13.1 Å². The number of phenols is 1. The minimum atomic E-state index is -0.221. The summed E-state index contributed by atoms with van der Waals surface area (Å²) in [5.41, 5.74) is 1.49. The number of aromatic amines is 1. The summed E-state index contributed by atoms with van der Waals surface area (Å²) in [5.74, 6) is -0.0423. The summed E-state index contributed by atoms with van der Waals surface area (Å²) in [4.78, 5) is 26.7. The lowest BCUT2D eigenvalue weighted by Crippen LogP contribution is -2.27. The van der Waals surface area contributed by atoms with Crippen molar-refractivity contribution in [3.8, 4) is 5.75 Å². The largest absolute Gasteiger partial charge is 0.504 e. The second-order valence-electron chi connectivity index (χ2n) is 7.52. The number of hydrogen-bond donors (Lipinski definition) is 4. The molecule has 1 amide bonds. The van der Waals surface area contributed by atoms with E-state index in [2.05, 4.69) is 15.8 Å². The molecule has 1 aliphatic rings. The van der Waals surface area contributed by atoms with Crippen LogP contribution in [0.25, 0.3) is 0 Å². The summed E-state index contributed by atoms with van der Waals surface area (Å²) in [5, 5.41) is 19.5. The van der Waals surface area contributed by atoms with Crippen molar-refractivity contribution in [3.63, 3.8) is 0 Å². The number of carbonyl (C=O) groups excluding carboxylic acids is 1. The average Bonchev–Trinajstić information content (AvgIpc) is 3.45. The molecule has 2 aromatic carbocycles. The number of aromatic nitrogens is 2. The predicted molar refractivity (Wildman–Crippen MR) is 116 cm³/mol. The van der Waals surface area contributed by atoms with E-state index >= 15 is 0 Å². The SMILES string of the molecule is CC[C@@H](Nc1[nH]o[n+](=O)c1Nc1cccc(C(=O)N2CCCC2)c1O)c1ccccc1. The molecule has 4 rings (SSSR count). The maximum Gasteiger partial charge on any atom is 0.371 e. The molecule has 1 fully saturated rings. The highest BCUT2D eigenvalue weighted by atomic mass is 16.7. The lowest BCUT2D eigenvalue weighted by atomic mass is 10.0. The van der Waals surface area contributed by atoms with Gasteiger partial charge in [-0.1, -0.05) is 48.5 Å². The van der Waals surface area contributed by atoms with Crippen LogP contribution in [0.2, 0.25) is 0 Å². The van der Waals surface area contributed by atoms with Gasteiger partial charge < -0.3 is 15.3 Å². The van der Waals surface area contributed by atoms with Crippen LogP contribution in [0.1, 0.15) is 48.1 Å². The maximum absolute atomic E-state index is 12.7. The van der Waals surface area contributed by atoms with Gasteiger partial charge in [-0.3, -0.25) is 10.1 Å². The van der Waals surface area contributed by atoms with Crippen LogP contribution in [0.4, 0.5) is 17.3 Å². The Morgan fingerprint density at radius 1 is 1.19 bits per heavy atom. The fourth-order valence-electron chi connectivity index (χ4n) is 3.79. The van der Waals surface area contributed by atoms with Crippen molar-refractivity contribution in [1.29, 1.82) is 0 Å². The smallest absolute Gasteiger partial charge is 0.371 e. The number of rotatable bonds is 7. The van der Waals surface area contributed by atoms with Crippen molar-refractivity contribution in [2.45, 2.75) is 32.2 Å². The molecule has 0 unspecified atom stereocenters. The van der Waals surface area contributed by atoms with Crippen LogP contribution in [-0.4, -0.2) is 34.2 Å². The molecule has 1 aliphatic heterocycles. The molecule has 0 saturated carbocycles. The van der Waals surface area contributed by atoms with Crippen molar-refractivity contribution in [2.24, 2.45) is 0 Å². The van der Waals surface area contributed by atoms with Crippen molar-refractivity contribution < 1.29 is 19.1 Å². The molecule has 3 aromatic rings. The highest BCUT2D eigenvalue weighted by Gasteiger charge is 2.27. The number of nitrogens with one attached hydrogen (secondary N) is 3. The summed E-state index contributed by atoms with van der Waals surface area (Å²) < 4.78 is 5.19. The van der Waals surface area contributed by atoms with Gasteiger partial charge in [0.15, 0.2) is 10.3 Å². The van der Waals surface area contributed by atoms with Gasteiger partial charge in [-0.25, -0.2) is 0 Å². The monoisotopic (exact) mass is 424 g/mol. The first-order chi connectivity index (χ1) is 15.1. The van der Waals surface area contributed by atoms with Gasteiger partial charge >= 0.3 is 5.82 Å². The average molecular weight is 424 g/mol. The second kappa shape index (κ2) is 8.95. The third kappa shape index (κ3) is 4.25. The van der Waals surface area contributed by atoms with E-state index in [1.54, 1.807) is 23.1 Å². The third-order valence-electron chi connectivity index (χ3n) is 5.49. The van der Waals surface area contributed by atoms with Crippen molar-refractivity contribution >= 4 is 23.2 Å². The molecule has 2 heterocycles. The number of nitrogens with zero attached hydrogens (tertiary/aromatic N) is 2. The normalized spacial score (nSPS) is 14.4. The fourth-order valence-corrected chi connectivity index (χ4v) is 3.79. The van der Waals surface area contributed by atoms with E-state index in [1.807, 2.05) is 37.3 Å². The molecule has 4 N–H and O–H groups in total. The number of anilines is 3. The van der Waals surface area contributed by atoms with Crippen molar-refractivity contribution in [3.05, 3.63) is 64.6 Å². The van der Waals surface area contributed by atoms with Crippen molar-refractivity contribution in [1.82, 2.24) is 10.1 Å². The molecule has 1 atom stereocenters. The van der Waals surface area contributed by atoms with E-state index in [-0.39, 0.29) is 39.4 Å². The van der Waals surface area contributed by atoms with Gasteiger partial charge in [0.1, 0.15) is 5.69 Å². The zero-order valence-corrected chi connectivity index (χ0v) is 17.3. The quantitative estimate of drug-likeness (QED) is 0.429. The van der Waals surface area contributed by atoms with E-state index in [0.29, 0.717) is 18.9 Å². The molecule has 0 aliphatic carbocycles. The number of para-hydroxylation sites is 1. The number of phenolic OH excluding ortho intramolecular Hbond substituents is 1. The number of carbonyl (C=O) groups is 1. The van der Waals surface area contributed by atoms with Gasteiger partial charge in [-0.05, 0) is 41.9 Å². The molecular formula is C22H26N5O4+. The van der Waals surface area contributed by atoms with E-state index < -0.39 is 0 Å². The highest BCUT2D eigenvalue weighted by molar-refractivity contribution is 5.99. The minimum Gasteiger partial charge on any atom is -0.504 e. The highest BCUT2D eigenvalue weighted by Crippen LogP contribution is 2.33. The molecule has 162 valence electrons. The molecule has 0 spiro atoms. The van der Waals surface area contributed by atoms with Crippen LogP contribution in [0, 0.1) is 4.91 Å². The first-order valence-corrected chi connectivity index (χ1v) is 10.4. The number of likely N-dealkylation sites (tertiary alicyclic amines) is 1. The molecular weight excluding hydrogens is 398 g/mol. The van der Waals surface area contributed by atoms with E-state index in [1.165, 1.54) is 0 Å². The summed E-state index contributed by atoms with van der Waals surface area (Å²) >= 11 is 0.